The number of hydrogen-bond donors (Lipinski definition) is 2. The fourth-order valence-electron chi connectivity index (χ4n) is 2.35. The molecule has 0 aromatic carbocycles. The Morgan fingerprint density at radius 2 is 2.16 bits per heavy atom. The molecule has 1 saturated heterocycles. The second-order valence-electron chi connectivity index (χ2n) is 6.04. The topological polar surface area (TPSA) is 120 Å². The van der Waals surface area contributed by atoms with Crippen LogP contribution in [0.4, 0.5) is 4.39 Å². The number of carbonyl (C=O) groups excluding carboxylic acids is 1. The number of aliphatic hydroxyl groups excluding tert-OH is 1. The number of aromatic amines is 1. The van der Waals surface area contributed by atoms with Crippen LogP contribution in [0.15, 0.2) is 15.8 Å². The number of H-pyrrole nitrogens is 1. The lowest BCUT2D eigenvalue weighted by molar-refractivity contribution is -0.163. The van der Waals surface area contributed by atoms with E-state index in [4.69, 9.17) is 14.2 Å². The van der Waals surface area contributed by atoms with Crippen molar-refractivity contribution in [2.45, 2.75) is 57.8 Å². The van der Waals surface area contributed by atoms with E-state index in [9.17, 15) is 23.9 Å². The van der Waals surface area contributed by atoms with Crippen LogP contribution in [-0.2, 0) is 19.0 Å². The van der Waals surface area contributed by atoms with Gasteiger partial charge in [-0.1, -0.05) is 0 Å². The molecule has 3 unspecified atom stereocenters. The minimum absolute atomic E-state index is 0.00420. The van der Waals surface area contributed by atoms with Gasteiger partial charge in [0.05, 0.1) is 25.0 Å². The van der Waals surface area contributed by atoms with Crippen LogP contribution < -0.4 is 11.2 Å². The third-order valence-corrected chi connectivity index (χ3v) is 3.63. The van der Waals surface area contributed by atoms with Gasteiger partial charge in [-0.25, -0.2) is 9.59 Å². The monoisotopic (exact) mass is 360 g/mol. The Labute approximate surface area is 142 Å². The van der Waals surface area contributed by atoms with Crippen LogP contribution >= 0.6 is 0 Å². The summed E-state index contributed by atoms with van der Waals surface area (Å²) in [5.74, 6) is -1.68. The van der Waals surface area contributed by atoms with Crippen molar-refractivity contribution >= 4 is 5.97 Å². The average Bonchev–Trinajstić information content (AvgIpc) is 2.88. The Morgan fingerprint density at radius 1 is 1.48 bits per heavy atom. The first-order chi connectivity index (χ1) is 11.7. The highest BCUT2D eigenvalue weighted by molar-refractivity contribution is 5.74. The van der Waals surface area contributed by atoms with Gasteiger partial charge in [-0.3, -0.25) is 14.3 Å². The standard InChI is InChI=1S/C15H21FN2O7/c1-7(2)24-14(21)8(3)23-6-11-10(19)4-12(25-11)18-5-9(16)13(20)17-15(18)22/h5,7-8,10-12,19H,4,6H2,1-3H3,(H,17,20,22)/t8-,10?,11?,12?/m0/s1. The summed E-state index contributed by atoms with van der Waals surface area (Å²) in [6.07, 6.45) is -3.17. The Balaban J connectivity index is 1.98. The molecule has 1 aliphatic heterocycles. The molecule has 25 heavy (non-hydrogen) atoms. The number of carbonyl (C=O) groups is 1. The van der Waals surface area contributed by atoms with E-state index in [1.54, 1.807) is 13.8 Å². The summed E-state index contributed by atoms with van der Waals surface area (Å²) in [6.45, 7) is 4.80. The van der Waals surface area contributed by atoms with Gasteiger partial charge in [0.1, 0.15) is 12.3 Å². The molecule has 0 bridgehead atoms. The summed E-state index contributed by atoms with van der Waals surface area (Å²) in [5, 5.41) is 10.0. The zero-order chi connectivity index (χ0) is 18.7. The fourth-order valence-corrected chi connectivity index (χ4v) is 2.35. The van der Waals surface area contributed by atoms with Crippen molar-refractivity contribution in [3.63, 3.8) is 0 Å². The van der Waals surface area contributed by atoms with Gasteiger partial charge < -0.3 is 19.3 Å². The third kappa shape index (κ3) is 4.74. The predicted molar refractivity (Wildman–Crippen MR) is 82.5 cm³/mol. The number of aliphatic hydroxyl groups is 1. The molecule has 2 rings (SSSR count). The van der Waals surface area contributed by atoms with E-state index in [1.807, 2.05) is 4.98 Å². The van der Waals surface area contributed by atoms with Crippen LogP contribution in [0.5, 0.6) is 0 Å². The summed E-state index contributed by atoms with van der Waals surface area (Å²) < 4.78 is 30.0. The zero-order valence-corrected chi connectivity index (χ0v) is 14.1. The van der Waals surface area contributed by atoms with E-state index in [1.165, 1.54) is 6.92 Å². The summed E-state index contributed by atoms with van der Waals surface area (Å²) in [7, 11) is 0. The SMILES string of the molecule is CC(C)OC(=O)[C@H](C)OCC1OC(n2cc(F)c(=O)[nH]c2=O)CC1O. The molecule has 1 aromatic heterocycles. The Bertz CT molecular complexity index is 729. The van der Waals surface area contributed by atoms with Crippen LogP contribution in [0.25, 0.3) is 0 Å². The van der Waals surface area contributed by atoms with Gasteiger partial charge in [0, 0.05) is 6.42 Å². The maximum absolute atomic E-state index is 13.4. The molecule has 1 aromatic rings. The molecule has 9 nitrogen and oxygen atoms in total. The number of halogens is 1. The van der Waals surface area contributed by atoms with E-state index in [0.717, 1.165) is 10.8 Å². The molecule has 1 aliphatic rings. The highest BCUT2D eigenvalue weighted by atomic mass is 19.1. The first kappa shape index (κ1) is 19.3. The Hall–Kier alpha value is -2.04. The molecule has 0 radical (unpaired) electrons. The highest BCUT2D eigenvalue weighted by Crippen LogP contribution is 2.28. The van der Waals surface area contributed by atoms with Crippen molar-refractivity contribution in [2.24, 2.45) is 0 Å². The summed E-state index contributed by atoms with van der Waals surface area (Å²) in [4.78, 5) is 36.3. The number of hydrogen-bond acceptors (Lipinski definition) is 7. The molecule has 4 atom stereocenters. The molecule has 0 spiro atoms. The smallest absolute Gasteiger partial charge is 0.335 e. The molecule has 10 heteroatoms. The largest absolute Gasteiger partial charge is 0.461 e. The van der Waals surface area contributed by atoms with Crippen LogP contribution in [0.1, 0.15) is 33.4 Å². The van der Waals surface area contributed by atoms with E-state index < -0.39 is 47.6 Å². The first-order valence-electron chi connectivity index (χ1n) is 7.85. The van der Waals surface area contributed by atoms with Crippen LogP contribution in [0, 0.1) is 5.82 Å². The first-order valence-corrected chi connectivity index (χ1v) is 7.85. The number of rotatable bonds is 6. The Morgan fingerprint density at radius 3 is 2.80 bits per heavy atom. The zero-order valence-electron chi connectivity index (χ0n) is 14.1. The van der Waals surface area contributed by atoms with E-state index in [-0.39, 0.29) is 19.1 Å². The van der Waals surface area contributed by atoms with Crippen molar-refractivity contribution in [2.75, 3.05) is 6.61 Å². The van der Waals surface area contributed by atoms with Gasteiger partial charge in [-0.05, 0) is 20.8 Å². The van der Waals surface area contributed by atoms with E-state index in [2.05, 4.69) is 0 Å². The van der Waals surface area contributed by atoms with E-state index in [0.29, 0.717) is 0 Å². The molecule has 2 heterocycles. The normalized spacial score (nSPS) is 24.5. The molecular formula is C15H21FN2O7. The maximum atomic E-state index is 13.4. The van der Waals surface area contributed by atoms with Crippen molar-refractivity contribution in [3.05, 3.63) is 32.9 Å². The van der Waals surface area contributed by atoms with Crippen LogP contribution in [0.2, 0.25) is 0 Å². The van der Waals surface area contributed by atoms with Gasteiger partial charge in [0.15, 0.2) is 6.10 Å². The van der Waals surface area contributed by atoms with Crippen molar-refractivity contribution in [1.29, 1.82) is 0 Å². The number of ether oxygens (including phenoxy) is 3. The van der Waals surface area contributed by atoms with Crippen molar-refractivity contribution in [3.8, 4) is 0 Å². The minimum atomic E-state index is -1.14. The van der Waals surface area contributed by atoms with Crippen molar-refractivity contribution < 1.29 is 28.5 Å². The Kier molecular flexibility index (Phi) is 6.09. The third-order valence-electron chi connectivity index (χ3n) is 3.63. The van der Waals surface area contributed by atoms with Gasteiger partial charge in [0.2, 0.25) is 5.82 Å². The number of nitrogens with one attached hydrogen (secondary N) is 1. The van der Waals surface area contributed by atoms with Gasteiger partial charge in [-0.15, -0.1) is 0 Å². The second-order valence-corrected chi connectivity index (χ2v) is 6.04. The number of nitrogens with zero attached hydrogens (tertiary/aromatic N) is 1. The number of esters is 1. The molecule has 1 fully saturated rings. The van der Waals surface area contributed by atoms with Crippen LogP contribution in [0.3, 0.4) is 0 Å². The molecular weight excluding hydrogens is 339 g/mol. The summed E-state index contributed by atoms with van der Waals surface area (Å²) >= 11 is 0. The maximum Gasteiger partial charge on any atom is 0.335 e. The summed E-state index contributed by atoms with van der Waals surface area (Å²) in [5.41, 5.74) is -1.98. The molecule has 0 aliphatic carbocycles. The number of aromatic nitrogens is 2. The minimum Gasteiger partial charge on any atom is -0.461 e. The highest BCUT2D eigenvalue weighted by Gasteiger charge is 2.36. The lowest BCUT2D eigenvalue weighted by atomic mass is 10.2. The van der Waals surface area contributed by atoms with Gasteiger partial charge in [0.25, 0.3) is 5.56 Å². The second kappa shape index (κ2) is 7.89. The molecule has 2 N–H and O–H groups in total. The quantitative estimate of drug-likeness (QED) is 0.667. The van der Waals surface area contributed by atoms with Crippen molar-refractivity contribution in [1.82, 2.24) is 9.55 Å². The predicted octanol–water partition coefficient (Wildman–Crippen LogP) is -0.319. The van der Waals surface area contributed by atoms with E-state index >= 15 is 0 Å². The summed E-state index contributed by atoms with van der Waals surface area (Å²) in [6, 6.07) is 0. The molecule has 0 saturated carbocycles. The van der Waals surface area contributed by atoms with Gasteiger partial charge >= 0.3 is 11.7 Å². The fraction of sp³-hybridized carbons (Fsp3) is 0.667. The molecule has 0 amide bonds. The molecule has 140 valence electrons. The van der Waals surface area contributed by atoms with Gasteiger partial charge in [-0.2, -0.15) is 4.39 Å². The average molecular weight is 360 g/mol. The van der Waals surface area contributed by atoms with Crippen LogP contribution in [-0.4, -0.2) is 51.6 Å². The lowest BCUT2D eigenvalue weighted by Gasteiger charge is -2.19. The lowest BCUT2D eigenvalue weighted by Crippen LogP contribution is -2.34.